The van der Waals surface area contributed by atoms with Gasteiger partial charge in [-0.1, -0.05) is 23.8 Å². The molecule has 1 aromatic rings. The van der Waals surface area contributed by atoms with Crippen molar-refractivity contribution in [3.05, 3.63) is 40.9 Å². The van der Waals surface area contributed by atoms with Gasteiger partial charge in [-0.25, -0.2) is 0 Å². The highest BCUT2D eigenvalue weighted by atomic mass is 35.5. The summed E-state index contributed by atoms with van der Waals surface area (Å²) in [5, 5.41) is 11.3. The Morgan fingerprint density at radius 2 is 1.79 bits per heavy atom. The Bertz CT molecular complexity index is 732. The van der Waals surface area contributed by atoms with Crippen LogP contribution in [0.4, 0.5) is 18.9 Å². The van der Waals surface area contributed by atoms with E-state index in [4.69, 9.17) is 11.6 Å². The van der Waals surface area contributed by atoms with E-state index >= 15 is 0 Å². The monoisotopic (exact) mass is 359 g/mol. The molecule has 0 unspecified atom stereocenters. The van der Waals surface area contributed by atoms with E-state index in [-0.39, 0.29) is 17.5 Å². The van der Waals surface area contributed by atoms with Gasteiger partial charge in [0.15, 0.2) is 0 Å². The molecule has 3 rings (SSSR count). The standard InChI is InChI=1S/C16H13ClF3NO3/c17-11-4-3-9(6-10(11)16(18,19)20)21-14(22)12-7-1-2-8(5-7)13(12)15(23)24/h1-4,6-8,12-13H,5H2,(H,21,22)(H,23,24)/t7-,8+,12+,13+/m1/s1. The van der Waals surface area contributed by atoms with Crippen molar-refractivity contribution in [3.8, 4) is 0 Å². The first kappa shape index (κ1) is 16.8. The maximum atomic E-state index is 12.9. The van der Waals surface area contributed by atoms with Crippen LogP contribution in [0.3, 0.4) is 0 Å². The van der Waals surface area contributed by atoms with E-state index in [1.54, 1.807) is 12.2 Å². The fourth-order valence-corrected chi connectivity index (χ4v) is 3.79. The zero-order valence-corrected chi connectivity index (χ0v) is 12.9. The van der Waals surface area contributed by atoms with Crippen molar-refractivity contribution in [2.24, 2.45) is 23.7 Å². The number of anilines is 1. The maximum absolute atomic E-state index is 12.9. The quantitative estimate of drug-likeness (QED) is 0.806. The van der Waals surface area contributed by atoms with Gasteiger partial charge in [0.1, 0.15) is 0 Å². The third-order valence-corrected chi connectivity index (χ3v) is 4.92. The number of amides is 1. The lowest BCUT2D eigenvalue weighted by Gasteiger charge is -2.24. The summed E-state index contributed by atoms with van der Waals surface area (Å²) in [5.74, 6) is -3.71. The van der Waals surface area contributed by atoms with Crippen LogP contribution in [0.5, 0.6) is 0 Å². The fourth-order valence-electron chi connectivity index (χ4n) is 3.56. The Morgan fingerprint density at radius 1 is 1.17 bits per heavy atom. The van der Waals surface area contributed by atoms with Crippen LogP contribution in [0.2, 0.25) is 5.02 Å². The molecule has 24 heavy (non-hydrogen) atoms. The topological polar surface area (TPSA) is 66.4 Å². The zero-order chi connectivity index (χ0) is 17.6. The average Bonchev–Trinajstić information content (AvgIpc) is 3.08. The van der Waals surface area contributed by atoms with Crippen LogP contribution in [-0.2, 0) is 15.8 Å². The van der Waals surface area contributed by atoms with Crippen molar-refractivity contribution in [1.82, 2.24) is 0 Å². The molecule has 8 heteroatoms. The SMILES string of the molecule is O=C(Nc1ccc(Cl)c(C(F)(F)F)c1)[C@@H]1[C@@H](C(=O)O)[C@H]2C=C[C@@H]1C2. The molecule has 2 aliphatic carbocycles. The first-order chi connectivity index (χ1) is 11.2. The van der Waals surface area contributed by atoms with E-state index in [2.05, 4.69) is 5.32 Å². The molecule has 0 radical (unpaired) electrons. The van der Waals surface area contributed by atoms with Gasteiger partial charge < -0.3 is 10.4 Å². The van der Waals surface area contributed by atoms with Crippen LogP contribution in [0.1, 0.15) is 12.0 Å². The normalized spacial score (nSPS) is 28.2. The van der Waals surface area contributed by atoms with Gasteiger partial charge in [-0.2, -0.15) is 13.2 Å². The highest BCUT2D eigenvalue weighted by Gasteiger charge is 2.51. The van der Waals surface area contributed by atoms with Gasteiger partial charge in [-0.15, -0.1) is 0 Å². The lowest BCUT2D eigenvalue weighted by Crippen LogP contribution is -2.36. The summed E-state index contributed by atoms with van der Waals surface area (Å²) >= 11 is 5.54. The van der Waals surface area contributed by atoms with Crippen LogP contribution in [0.25, 0.3) is 0 Å². The number of aliphatic carboxylic acids is 1. The minimum absolute atomic E-state index is 0.0624. The number of carbonyl (C=O) groups is 2. The molecule has 0 spiro atoms. The first-order valence-corrected chi connectivity index (χ1v) is 7.65. The zero-order valence-electron chi connectivity index (χ0n) is 12.2. The molecule has 2 N–H and O–H groups in total. The third-order valence-electron chi connectivity index (χ3n) is 4.59. The summed E-state index contributed by atoms with van der Waals surface area (Å²) in [6.07, 6.45) is -0.477. The maximum Gasteiger partial charge on any atom is 0.417 e. The molecule has 0 heterocycles. The predicted molar refractivity (Wildman–Crippen MR) is 80.4 cm³/mol. The Balaban J connectivity index is 1.83. The number of alkyl halides is 3. The van der Waals surface area contributed by atoms with Gasteiger partial charge in [0.2, 0.25) is 5.91 Å². The highest BCUT2D eigenvalue weighted by molar-refractivity contribution is 6.31. The lowest BCUT2D eigenvalue weighted by atomic mass is 9.82. The minimum Gasteiger partial charge on any atom is -0.481 e. The summed E-state index contributed by atoms with van der Waals surface area (Å²) in [6, 6.07) is 3.06. The number of hydrogen-bond acceptors (Lipinski definition) is 2. The number of nitrogens with one attached hydrogen (secondary N) is 1. The summed E-state index contributed by atoms with van der Waals surface area (Å²) in [5.41, 5.74) is -1.11. The number of rotatable bonds is 3. The number of allylic oxidation sites excluding steroid dienone is 2. The van der Waals surface area contributed by atoms with E-state index in [0.717, 1.165) is 12.1 Å². The van der Waals surface area contributed by atoms with Crippen molar-refractivity contribution in [1.29, 1.82) is 0 Å². The predicted octanol–water partition coefficient (Wildman–Crippen LogP) is 3.82. The largest absolute Gasteiger partial charge is 0.481 e. The molecule has 0 aromatic heterocycles. The smallest absolute Gasteiger partial charge is 0.417 e. The molecule has 1 amide bonds. The second-order valence-electron chi connectivity index (χ2n) is 6.02. The average molecular weight is 360 g/mol. The molecular weight excluding hydrogens is 347 g/mol. The van der Waals surface area contributed by atoms with E-state index < -0.39 is 40.5 Å². The number of carboxylic acids is 1. The number of hydrogen-bond donors (Lipinski definition) is 2. The molecular formula is C16H13ClF3NO3. The molecule has 2 bridgehead atoms. The fraction of sp³-hybridized carbons (Fsp3) is 0.375. The van der Waals surface area contributed by atoms with E-state index in [9.17, 15) is 27.9 Å². The minimum atomic E-state index is -4.64. The highest BCUT2D eigenvalue weighted by Crippen LogP contribution is 2.48. The van der Waals surface area contributed by atoms with Crippen molar-refractivity contribution >= 4 is 29.2 Å². The van der Waals surface area contributed by atoms with Crippen LogP contribution in [0.15, 0.2) is 30.4 Å². The summed E-state index contributed by atoms with van der Waals surface area (Å²) in [6.45, 7) is 0. The first-order valence-electron chi connectivity index (χ1n) is 7.27. The van der Waals surface area contributed by atoms with Gasteiger partial charge in [0.25, 0.3) is 0 Å². The van der Waals surface area contributed by atoms with Crippen molar-refractivity contribution in [2.45, 2.75) is 12.6 Å². The number of carboxylic acid groups (broad SMARTS) is 1. The molecule has 4 atom stereocenters. The second-order valence-corrected chi connectivity index (χ2v) is 6.43. The summed E-state index contributed by atoms with van der Waals surface area (Å²) in [7, 11) is 0. The van der Waals surface area contributed by atoms with E-state index in [0.29, 0.717) is 6.42 Å². The number of carbonyl (C=O) groups excluding carboxylic acids is 1. The van der Waals surface area contributed by atoms with Crippen LogP contribution < -0.4 is 5.32 Å². The number of fused-ring (bicyclic) bond motifs is 2. The van der Waals surface area contributed by atoms with Crippen molar-refractivity contribution in [3.63, 3.8) is 0 Å². The lowest BCUT2D eigenvalue weighted by molar-refractivity contribution is -0.146. The Labute approximate surface area is 140 Å². The van der Waals surface area contributed by atoms with E-state index in [1.807, 2.05) is 0 Å². The van der Waals surface area contributed by atoms with Crippen LogP contribution in [-0.4, -0.2) is 17.0 Å². The van der Waals surface area contributed by atoms with Gasteiger partial charge in [0.05, 0.1) is 22.4 Å². The van der Waals surface area contributed by atoms with Crippen molar-refractivity contribution < 1.29 is 27.9 Å². The van der Waals surface area contributed by atoms with Gasteiger partial charge in [0, 0.05) is 5.69 Å². The van der Waals surface area contributed by atoms with Crippen LogP contribution >= 0.6 is 11.6 Å². The molecule has 0 aliphatic heterocycles. The molecule has 0 saturated heterocycles. The van der Waals surface area contributed by atoms with Gasteiger partial charge in [-0.3, -0.25) is 9.59 Å². The second kappa shape index (κ2) is 5.81. The molecule has 1 aromatic carbocycles. The van der Waals surface area contributed by atoms with Crippen molar-refractivity contribution in [2.75, 3.05) is 5.32 Å². The molecule has 1 fully saturated rings. The van der Waals surface area contributed by atoms with Crippen LogP contribution in [0, 0.1) is 23.7 Å². The van der Waals surface area contributed by atoms with E-state index in [1.165, 1.54) is 6.07 Å². The van der Waals surface area contributed by atoms with Gasteiger partial charge >= 0.3 is 12.1 Å². The molecule has 1 saturated carbocycles. The molecule has 2 aliphatic rings. The summed E-state index contributed by atoms with van der Waals surface area (Å²) in [4.78, 5) is 23.9. The Morgan fingerprint density at radius 3 is 2.38 bits per heavy atom. The molecule has 4 nitrogen and oxygen atoms in total. The number of benzene rings is 1. The Kier molecular flexibility index (Phi) is 4.07. The van der Waals surface area contributed by atoms with Gasteiger partial charge in [-0.05, 0) is 36.5 Å². The molecule has 128 valence electrons. The number of halogens is 4. The summed E-state index contributed by atoms with van der Waals surface area (Å²) < 4.78 is 38.6. The Hall–Kier alpha value is -2.02. The third kappa shape index (κ3) is 2.88.